The Bertz CT molecular complexity index is 1910. The molecule has 214 valence electrons. The van der Waals surface area contributed by atoms with Gasteiger partial charge in [-0.1, -0.05) is 59.6 Å². The van der Waals surface area contributed by atoms with Gasteiger partial charge in [0.1, 0.15) is 18.5 Å². The summed E-state index contributed by atoms with van der Waals surface area (Å²) in [5, 5.41) is 0.901. The highest BCUT2D eigenvalue weighted by atomic mass is 35.5. The molecule has 10 nitrogen and oxygen atoms in total. The maximum absolute atomic E-state index is 13.9. The van der Waals surface area contributed by atoms with Crippen molar-refractivity contribution >= 4 is 40.3 Å². The van der Waals surface area contributed by atoms with Crippen LogP contribution >= 0.6 is 23.2 Å². The van der Waals surface area contributed by atoms with Crippen LogP contribution in [0.2, 0.25) is 10.0 Å². The van der Waals surface area contributed by atoms with Crippen molar-refractivity contribution in [3.05, 3.63) is 115 Å². The topological polar surface area (TPSA) is 123 Å². The van der Waals surface area contributed by atoms with Gasteiger partial charge < -0.3 is 15.2 Å². The van der Waals surface area contributed by atoms with Crippen molar-refractivity contribution in [2.75, 3.05) is 19.8 Å². The van der Waals surface area contributed by atoms with Gasteiger partial charge in [0.2, 0.25) is 5.91 Å². The lowest BCUT2D eigenvalue weighted by Gasteiger charge is -2.23. The Hall–Kier alpha value is -4.22. The fraction of sp³-hybridized carbons (Fsp3) is 0.200. The lowest BCUT2D eigenvalue weighted by atomic mass is 10.1. The van der Waals surface area contributed by atoms with Crippen molar-refractivity contribution in [3.63, 3.8) is 0 Å². The number of halogens is 2. The Kier molecular flexibility index (Phi) is 7.70. The summed E-state index contributed by atoms with van der Waals surface area (Å²) < 4.78 is 15.1. The molecule has 12 heteroatoms. The molecule has 3 heterocycles. The monoisotopic (exact) mass is 605 g/mol. The fourth-order valence-corrected chi connectivity index (χ4v) is 5.39. The number of carbonyl (C=O) groups excluding carboxylic acids is 1. The molecule has 5 aromatic rings. The average molecular weight is 606 g/mol. The van der Waals surface area contributed by atoms with Gasteiger partial charge in [-0.2, -0.15) is 0 Å². The van der Waals surface area contributed by atoms with E-state index in [9.17, 15) is 14.4 Å². The van der Waals surface area contributed by atoms with Gasteiger partial charge >= 0.3 is 5.69 Å². The largest absolute Gasteiger partial charge is 0.376 e. The average Bonchev–Trinajstić information content (AvgIpc) is 3.39. The summed E-state index contributed by atoms with van der Waals surface area (Å²) >= 11 is 12.7. The molecule has 0 bridgehead atoms. The molecule has 1 aliphatic rings. The van der Waals surface area contributed by atoms with E-state index in [0.29, 0.717) is 46.9 Å². The molecule has 0 spiro atoms. The molecule has 0 aliphatic carbocycles. The summed E-state index contributed by atoms with van der Waals surface area (Å²) in [6.45, 7) is 1.01. The van der Waals surface area contributed by atoms with Gasteiger partial charge in [-0.25, -0.2) is 14.3 Å². The van der Waals surface area contributed by atoms with Gasteiger partial charge in [0, 0.05) is 16.3 Å². The summed E-state index contributed by atoms with van der Waals surface area (Å²) in [6.07, 6.45) is -0.173. The third-order valence-electron chi connectivity index (χ3n) is 7.05. The van der Waals surface area contributed by atoms with Crippen LogP contribution in [0.15, 0.2) is 82.4 Å². The van der Waals surface area contributed by atoms with Gasteiger partial charge in [0.25, 0.3) is 5.56 Å². The molecule has 1 amide bonds. The van der Waals surface area contributed by atoms with Crippen LogP contribution in [0, 0.1) is 0 Å². The first-order valence-electron chi connectivity index (χ1n) is 13.1. The predicted octanol–water partition coefficient (Wildman–Crippen LogP) is 3.94. The zero-order valence-electron chi connectivity index (χ0n) is 22.2. The third-order valence-corrected chi connectivity index (χ3v) is 7.63. The molecule has 2 N–H and O–H groups in total. The highest BCUT2D eigenvalue weighted by molar-refractivity contribution is 6.33. The zero-order chi connectivity index (χ0) is 29.4. The van der Waals surface area contributed by atoms with Crippen LogP contribution in [0.3, 0.4) is 0 Å². The van der Waals surface area contributed by atoms with Crippen molar-refractivity contribution in [1.82, 2.24) is 18.7 Å². The van der Waals surface area contributed by atoms with E-state index in [1.165, 1.54) is 4.57 Å². The van der Waals surface area contributed by atoms with E-state index in [0.717, 1.165) is 15.7 Å². The predicted molar refractivity (Wildman–Crippen MR) is 159 cm³/mol. The second-order valence-corrected chi connectivity index (χ2v) is 10.6. The van der Waals surface area contributed by atoms with E-state index in [2.05, 4.69) is 0 Å². The number of benzene rings is 3. The van der Waals surface area contributed by atoms with E-state index in [-0.39, 0.29) is 23.8 Å². The van der Waals surface area contributed by atoms with Crippen molar-refractivity contribution in [2.45, 2.75) is 19.2 Å². The van der Waals surface area contributed by atoms with Gasteiger partial charge in [-0.3, -0.25) is 18.7 Å². The second kappa shape index (κ2) is 11.6. The van der Waals surface area contributed by atoms with Crippen LogP contribution in [0.4, 0.5) is 0 Å². The molecule has 2 aromatic heterocycles. The minimum atomic E-state index is -0.831. The lowest BCUT2D eigenvalue weighted by molar-refractivity contribution is -0.118. The van der Waals surface area contributed by atoms with Gasteiger partial charge in [-0.05, 0) is 47.5 Å². The minimum absolute atomic E-state index is 0.0657. The summed E-state index contributed by atoms with van der Waals surface area (Å²) in [5.41, 5.74) is 7.05. The summed E-state index contributed by atoms with van der Waals surface area (Å²) in [5.74, 6) is -0.493. The number of rotatable bonds is 7. The lowest BCUT2D eigenvalue weighted by Crippen LogP contribution is -2.43. The molecular formula is C30H25Cl2N5O5. The number of aromatic nitrogens is 4. The molecule has 1 fully saturated rings. The quantitative estimate of drug-likeness (QED) is 0.300. The van der Waals surface area contributed by atoms with E-state index in [4.69, 9.17) is 43.4 Å². The smallest absolute Gasteiger partial charge is 0.333 e. The van der Waals surface area contributed by atoms with E-state index in [1.54, 1.807) is 53.1 Å². The number of hydrogen-bond acceptors (Lipinski definition) is 6. The van der Waals surface area contributed by atoms with E-state index >= 15 is 0 Å². The van der Waals surface area contributed by atoms with E-state index in [1.807, 2.05) is 24.3 Å². The van der Waals surface area contributed by atoms with Crippen LogP contribution < -0.4 is 17.0 Å². The van der Waals surface area contributed by atoms with Crippen molar-refractivity contribution < 1.29 is 14.3 Å². The Morgan fingerprint density at radius 2 is 1.69 bits per heavy atom. The molecule has 0 radical (unpaired) electrons. The maximum atomic E-state index is 13.9. The Balaban J connectivity index is 1.59. The number of nitrogens with two attached hydrogens (primary N) is 1. The van der Waals surface area contributed by atoms with Crippen molar-refractivity contribution in [2.24, 2.45) is 5.73 Å². The summed E-state index contributed by atoms with van der Waals surface area (Å²) in [6, 6.07) is 21.5. The third kappa shape index (κ3) is 5.25. The fourth-order valence-electron chi connectivity index (χ4n) is 5.04. The van der Waals surface area contributed by atoms with Gasteiger partial charge in [0.05, 0.1) is 31.4 Å². The maximum Gasteiger partial charge on any atom is 0.333 e. The van der Waals surface area contributed by atoms with Crippen LogP contribution in [-0.4, -0.2) is 44.4 Å². The first kappa shape index (κ1) is 27.9. The van der Waals surface area contributed by atoms with Crippen LogP contribution in [-0.2, 0) is 27.4 Å². The van der Waals surface area contributed by atoms with Crippen LogP contribution in [0.1, 0.15) is 17.2 Å². The number of imidazole rings is 1. The molecule has 1 atom stereocenters. The highest BCUT2D eigenvalue weighted by Gasteiger charge is 2.25. The summed E-state index contributed by atoms with van der Waals surface area (Å²) in [7, 11) is 0. The number of ether oxygens (including phenoxy) is 2. The zero-order valence-corrected chi connectivity index (χ0v) is 23.7. The number of carbonyl (C=O) groups is 1. The number of hydrogen-bond donors (Lipinski definition) is 1. The molecule has 42 heavy (non-hydrogen) atoms. The molecule has 0 unspecified atom stereocenters. The van der Waals surface area contributed by atoms with Gasteiger partial charge in [-0.15, -0.1) is 0 Å². The number of fused-ring (bicyclic) bond motifs is 1. The molecule has 3 aromatic carbocycles. The van der Waals surface area contributed by atoms with Crippen molar-refractivity contribution in [3.8, 4) is 17.1 Å². The SMILES string of the molecule is NC(=O)Cn1c(=O)c2c(nc(-c3ccccc3Cl)n2-c2ccc(Cl)cc2)n(Cc2ccc([C@H]3COCCO3)cc2)c1=O. The molecule has 0 saturated carbocycles. The van der Waals surface area contributed by atoms with E-state index < -0.39 is 23.7 Å². The second-order valence-electron chi connectivity index (χ2n) is 9.80. The highest BCUT2D eigenvalue weighted by Crippen LogP contribution is 2.32. The minimum Gasteiger partial charge on any atom is -0.376 e. The first-order valence-corrected chi connectivity index (χ1v) is 13.9. The number of primary amides is 1. The molecule has 6 rings (SSSR count). The van der Waals surface area contributed by atoms with Gasteiger partial charge in [0.15, 0.2) is 11.2 Å². The number of nitrogens with zero attached hydrogens (tertiary/aromatic N) is 4. The summed E-state index contributed by atoms with van der Waals surface area (Å²) in [4.78, 5) is 44.4. The van der Waals surface area contributed by atoms with Crippen LogP contribution in [0.5, 0.6) is 0 Å². The Morgan fingerprint density at radius 3 is 2.36 bits per heavy atom. The van der Waals surface area contributed by atoms with Crippen molar-refractivity contribution in [1.29, 1.82) is 0 Å². The standard InChI is InChI=1S/C30H25Cl2N5O5/c31-20-9-11-21(12-10-20)37-26-28(34-27(37)22-3-1-2-4-23(22)32)35(30(40)36(29(26)39)16-25(33)38)15-18-5-7-19(8-6-18)24-17-41-13-14-42-24/h1-12,24H,13-17H2,(H2,33,38)/t24-/m1/s1. The molecule has 1 aliphatic heterocycles. The molecule has 1 saturated heterocycles. The number of amides is 1. The first-order chi connectivity index (χ1) is 20.3. The Morgan fingerprint density at radius 1 is 0.952 bits per heavy atom. The van der Waals surface area contributed by atoms with Crippen LogP contribution in [0.25, 0.3) is 28.2 Å². The molecular weight excluding hydrogens is 581 g/mol. The Labute approximate surface area is 249 Å². The normalized spacial score (nSPS) is 15.2.